The smallest absolute Gasteiger partial charge is 0.262 e. The van der Waals surface area contributed by atoms with Crippen LogP contribution in [0.3, 0.4) is 0 Å². The number of benzene rings is 1. The minimum absolute atomic E-state index is 0.000831. The summed E-state index contributed by atoms with van der Waals surface area (Å²) in [6.07, 6.45) is 0. The van der Waals surface area contributed by atoms with Gasteiger partial charge < -0.3 is 19.9 Å². The van der Waals surface area contributed by atoms with Gasteiger partial charge in [-0.2, -0.15) is 0 Å². The summed E-state index contributed by atoms with van der Waals surface area (Å²) >= 11 is 0. The predicted octanol–water partition coefficient (Wildman–Crippen LogP) is 1.04. The highest BCUT2D eigenvalue weighted by Gasteiger charge is 2.49. The summed E-state index contributed by atoms with van der Waals surface area (Å²) in [6.45, 7) is 5.99. The topological polar surface area (TPSA) is 61.9 Å². The number of nitrogens with zero attached hydrogens (tertiary/aromatic N) is 2. The summed E-state index contributed by atoms with van der Waals surface area (Å²) < 4.78 is 5.41. The first-order valence-electron chi connectivity index (χ1n) is 7.99. The molecule has 0 unspecified atom stereocenters. The molecule has 6 nitrogen and oxygen atoms in total. The zero-order valence-electron chi connectivity index (χ0n) is 13.5. The second kappa shape index (κ2) is 4.96. The second-order valence-corrected chi connectivity index (χ2v) is 7.28. The summed E-state index contributed by atoms with van der Waals surface area (Å²) in [4.78, 5) is 28.4. The Morgan fingerprint density at radius 2 is 2.17 bits per heavy atom. The molecule has 2 saturated heterocycles. The molecule has 1 N–H and O–H groups in total. The van der Waals surface area contributed by atoms with E-state index in [-0.39, 0.29) is 23.8 Å². The van der Waals surface area contributed by atoms with Gasteiger partial charge in [-0.05, 0) is 31.2 Å². The molecule has 3 aliphatic rings. The molecule has 2 atom stereocenters. The van der Waals surface area contributed by atoms with Crippen molar-refractivity contribution >= 4 is 17.5 Å². The van der Waals surface area contributed by atoms with Gasteiger partial charge in [0.25, 0.3) is 11.8 Å². The lowest BCUT2D eigenvalue weighted by Gasteiger charge is -2.24. The fourth-order valence-electron chi connectivity index (χ4n) is 4.18. The van der Waals surface area contributed by atoms with Crippen molar-refractivity contribution in [2.45, 2.75) is 6.92 Å². The Hall–Kier alpha value is -2.08. The van der Waals surface area contributed by atoms with Crippen LogP contribution in [-0.2, 0) is 4.79 Å². The molecule has 4 rings (SSSR count). The van der Waals surface area contributed by atoms with Crippen LogP contribution >= 0.6 is 0 Å². The van der Waals surface area contributed by atoms with Crippen molar-refractivity contribution in [1.29, 1.82) is 0 Å². The first-order chi connectivity index (χ1) is 10.9. The molecule has 2 fully saturated rings. The predicted molar refractivity (Wildman–Crippen MR) is 85.6 cm³/mol. The van der Waals surface area contributed by atoms with Crippen molar-refractivity contribution in [2.24, 2.45) is 11.3 Å². The molecule has 1 aromatic rings. The van der Waals surface area contributed by atoms with E-state index in [2.05, 4.69) is 24.2 Å². The van der Waals surface area contributed by atoms with E-state index < -0.39 is 0 Å². The Balaban J connectivity index is 1.53. The fraction of sp³-hybridized carbons (Fsp3) is 0.529. The molecule has 0 saturated carbocycles. The van der Waals surface area contributed by atoms with Crippen LogP contribution in [0.4, 0.5) is 5.69 Å². The summed E-state index contributed by atoms with van der Waals surface area (Å²) in [7, 11) is 2.14. The van der Waals surface area contributed by atoms with Crippen LogP contribution in [0.15, 0.2) is 18.2 Å². The maximum absolute atomic E-state index is 12.8. The number of nitrogens with one attached hydrogen (secondary N) is 1. The Labute approximate surface area is 135 Å². The van der Waals surface area contributed by atoms with Gasteiger partial charge in [-0.3, -0.25) is 9.59 Å². The van der Waals surface area contributed by atoms with Crippen LogP contribution in [0.2, 0.25) is 0 Å². The van der Waals surface area contributed by atoms with E-state index in [1.54, 1.807) is 18.2 Å². The average Bonchev–Trinajstić information content (AvgIpc) is 2.96. The van der Waals surface area contributed by atoms with Crippen LogP contribution in [0.25, 0.3) is 0 Å². The zero-order valence-corrected chi connectivity index (χ0v) is 13.5. The number of amides is 2. The number of anilines is 1. The molecule has 3 aliphatic heterocycles. The molecule has 23 heavy (non-hydrogen) atoms. The molecule has 122 valence electrons. The highest BCUT2D eigenvalue weighted by Crippen LogP contribution is 2.42. The van der Waals surface area contributed by atoms with Crippen molar-refractivity contribution in [1.82, 2.24) is 9.80 Å². The molecule has 0 aliphatic carbocycles. The number of carbonyl (C=O) groups excluding carboxylic acids is 2. The number of fused-ring (bicyclic) bond motifs is 2. The average molecular weight is 315 g/mol. The van der Waals surface area contributed by atoms with Gasteiger partial charge in [0.05, 0.1) is 5.69 Å². The Kier molecular flexibility index (Phi) is 3.13. The third-order valence-corrected chi connectivity index (χ3v) is 5.29. The Morgan fingerprint density at radius 1 is 1.35 bits per heavy atom. The van der Waals surface area contributed by atoms with Gasteiger partial charge in [0.2, 0.25) is 0 Å². The fourth-order valence-corrected chi connectivity index (χ4v) is 4.18. The van der Waals surface area contributed by atoms with E-state index in [9.17, 15) is 9.59 Å². The number of rotatable bonds is 1. The maximum atomic E-state index is 12.8. The van der Waals surface area contributed by atoms with Crippen molar-refractivity contribution in [3.05, 3.63) is 23.8 Å². The summed E-state index contributed by atoms with van der Waals surface area (Å²) in [6, 6.07) is 5.24. The number of carbonyl (C=O) groups is 2. The van der Waals surface area contributed by atoms with Crippen molar-refractivity contribution < 1.29 is 14.3 Å². The van der Waals surface area contributed by atoms with E-state index in [1.165, 1.54) is 0 Å². The molecule has 0 spiro atoms. The van der Waals surface area contributed by atoms with Crippen LogP contribution < -0.4 is 10.1 Å². The third kappa shape index (κ3) is 2.37. The highest BCUT2D eigenvalue weighted by molar-refractivity contribution is 5.99. The number of hydrogen-bond acceptors (Lipinski definition) is 4. The molecule has 0 aromatic heterocycles. The first kappa shape index (κ1) is 14.5. The second-order valence-electron chi connectivity index (χ2n) is 7.28. The van der Waals surface area contributed by atoms with Gasteiger partial charge in [0.1, 0.15) is 5.75 Å². The molecule has 1 aromatic carbocycles. The van der Waals surface area contributed by atoms with Gasteiger partial charge >= 0.3 is 0 Å². The lowest BCUT2D eigenvalue weighted by atomic mass is 9.83. The van der Waals surface area contributed by atoms with E-state index in [0.717, 1.165) is 26.2 Å². The molecule has 6 heteroatoms. The van der Waals surface area contributed by atoms with Crippen LogP contribution in [0.1, 0.15) is 17.3 Å². The molecule has 0 radical (unpaired) electrons. The van der Waals surface area contributed by atoms with Crippen molar-refractivity contribution in [2.75, 3.05) is 45.2 Å². The van der Waals surface area contributed by atoms with Gasteiger partial charge in [-0.15, -0.1) is 0 Å². The molecular weight excluding hydrogens is 294 g/mol. The van der Waals surface area contributed by atoms with E-state index in [0.29, 0.717) is 22.9 Å². The summed E-state index contributed by atoms with van der Waals surface area (Å²) in [5, 5.41) is 2.74. The van der Waals surface area contributed by atoms with Crippen molar-refractivity contribution in [3.8, 4) is 5.75 Å². The molecule has 2 amide bonds. The maximum Gasteiger partial charge on any atom is 0.262 e. The Morgan fingerprint density at radius 3 is 2.96 bits per heavy atom. The molecular formula is C17H21N3O3. The van der Waals surface area contributed by atoms with E-state index >= 15 is 0 Å². The minimum atomic E-state index is -0.166. The lowest BCUT2D eigenvalue weighted by Crippen LogP contribution is -2.34. The van der Waals surface area contributed by atoms with Gasteiger partial charge in [-0.1, -0.05) is 6.92 Å². The van der Waals surface area contributed by atoms with Crippen LogP contribution in [0, 0.1) is 11.3 Å². The standard InChI is InChI=1S/C17H21N3O3/c1-17-9-19(2)6-12(17)7-20(10-17)16(22)11-3-4-13-14(5-11)23-8-15(21)18-13/h3-5,12H,6-10H2,1-2H3,(H,18,21)/t12-,17+/m1/s1. The largest absolute Gasteiger partial charge is 0.482 e. The summed E-state index contributed by atoms with van der Waals surface area (Å²) in [5.41, 5.74) is 1.45. The SMILES string of the molecule is CN1C[C@@H]2CN(C(=O)c3ccc4c(c3)OCC(=O)N4)C[C@]2(C)C1. The number of ether oxygens (including phenoxy) is 1. The minimum Gasteiger partial charge on any atom is -0.482 e. The molecule has 0 bridgehead atoms. The summed E-state index contributed by atoms with van der Waals surface area (Å²) in [5.74, 6) is 0.998. The highest BCUT2D eigenvalue weighted by atomic mass is 16.5. The monoisotopic (exact) mass is 315 g/mol. The first-order valence-corrected chi connectivity index (χ1v) is 7.99. The lowest BCUT2D eigenvalue weighted by molar-refractivity contribution is -0.118. The van der Waals surface area contributed by atoms with Gasteiger partial charge in [0, 0.05) is 37.2 Å². The quantitative estimate of drug-likeness (QED) is 0.841. The zero-order chi connectivity index (χ0) is 16.2. The van der Waals surface area contributed by atoms with E-state index in [1.807, 2.05) is 4.90 Å². The van der Waals surface area contributed by atoms with Crippen LogP contribution in [-0.4, -0.2) is 61.4 Å². The third-order valence-electron chi connectivity index (χ3n) is 5.29. The van der Waals surface area contributed by atoms with Crippen LogP contribution in [0.5, 0.6) is 5.75 Å². The number of likely N-dealkylation sites (tertiary alicyclic amines) is 2. The Bertz CT molecular complexity index is 690. The number of hydrogen-bond donors (Lipinski definition) is 1. The van der Waals surface area contributed by atoms with Gasteiger partial charge in [0.15, 0.2) is 6.61 Å². The molecule has 3 heterocycles. The van der Waals surface area contributed by atoms with Gasteiger partial charge in [-0.25, -0.2) is 0 Å². The van der Waals surface area contributed by atoms with E-state index in [4.69, 9.17) is 4.74 Å². The normalized spacial score (nSPS) is 29.7. The van der Waals surface area contributed by atoms with Crippen molar-refractivity contribution in [3.63, 3.8) is 0 Å².